The molecule has 1 aliphatic heterocycles. The second kappa shape index (κ2) is 16.2. The molecule has 6 aromatic rings. The molecule has 0 radical (unpaired) electrons. The fourth-order valence-electron chi connectivity index (χ4n) is 10.9. The molecule has 1 heterocycles. The summed E-state index contributed by atoms with van der Waals surface area (Å²) >= 11 is -6.30. The molecule has 2 unspecified atom stereocenters. The molecule has 0 aromatic heterocycles. The van der Waals surface area contributed by atoms with Gasteiger partial charge in [-0.25, -0.2) is 0 Å². The van der Waals surface area contributed by atoms with E-state index in [1.54, 1.807) is 24.3 Å². The molecule has 0 fully saturated rings. The molecule has 317 valence electrons. The molecule has 9 rings (SSSR count). The van der Waals surface area contributed by atoms with Gasteiger partial charge in [0.05, 0.1) is 0 Å². The number of fused-ring (bicyclic) bond motifs is 5. The van der Waals surface area contributed by atoms with Crippen molar-refractivity contribution in [2.45, 2.75) is 72.1 Å². The maximum absolute atomic E-state index is 14.7. The number of halogens is 8. The molecule has 0 nitrogen and oxygen atoms in total. The van der Waals surface area contributed by atoms with Gasteiger partial charge in [0.25, 0.3) is 0 Å². The van der Waals surface area contributed by atoms with Gasteiger partial charge < -0.3 is 0 Å². The standard InChI is InChI=1S/2C20H18F3.C12H9Si.2ClH.Hf/c2*1-2-3-7-14-12-15-8-6-10-16(18(15)13-14)17-9-4-5-11-19(17)20(21,22)23;1-3-7-11-9(5-1)10-6-2-4-8-12(10)13-11;;;/h2*4-6,8-13H,2-3,7H2,1H3;1-7H,13H2;2*1H;/q;;;;;+2/p-2. The number of rotatable bonds is 11. The van der Waals surface area contributed by atoms with Crippen molar-refractivity contribution in [1.82, 2.24) is 0 Å². The van der Waals surface area contributed by atoms with Crippen LogP contribution in [-0.4, -0.2) is 9.52 Å². The summed E-state index contributed by atoms with van der Waals surface area (Å²) in [4.78, 5) is 0. The first-order chi connectivity index (χ1) is 29.7. The zero-order valence-electron chi connectivity index (χ0n) is 34.4. The number of allylic oxidation sites excluding steroid dienone is 2. The third-order valence-electron chi connectivity index (χ3n) is 13.4. The molecule has 0 spiro atoms. The number of hydrogen-bond donors (Lipinski definition) is 0. The first-order valence-electron chi connectivity index (χ1n) is 21.4. The molecule has 62 heavy (non-hydrogen) atoms. The van der Waals surface area contributed by atoms with E-state index in [1.165, 1.54) is 40.2 Å². The number of unbranched alkanes of at least 4 members (excludes halogenated alkanes) is 2. The molecule has 0 saturated heterocycles. The van der Waals surface area contributed by atoms with E-state index in [4.69, 9.17) is 17.2 Å². The normalized spacial score (nSPS) is 17.8. The van der Waals surface area contributed by atoms with Gasteiger partial charge in [0.2, 0.25) is 0 Å². The monoisotopic (exact) mass is 1060 g/mol. The summed E-state index contributed by atoms with van der Waals surface area (Å²) < 4.78 is 88.3. The van der Waals surface area contributed by atoms with Crippen LogP contribution in [0.3, 0.4) is 0 Å². The molecular weight excluding hydrogens is 1020 g/mol. The summed E-state index contributed by atoms with van der Waals surface area (Å²) in [7, 11) is 17.1. The maximum atomic E-state index is 14.7. The Morgan fingerprint density at radius 1 is 0.500 bits per heavy atom. The molecule has 0 bridgehead atoms. The van der Waals surface area contributed by atoms with Crippen molar-refractivity contribution < 1.29 is 42.5 Å². The summed E-state index contributed by atoms with van der Waals surface area (Å²) in [5.41, 5.74) is 7.04. The van der Waals surface area contributed by atoms with Gasteiger partial charge in [-0.1, -0.05) is 0 Å². The third-order valence-corrected chi connectivity index (χ3v) is 45.2. The molecule has 6 aromatic carbocycles. The number of benzene rings is 6. The van der Waals surface area contributed by atoms with Gasteiger partial charge in [0.1, 0.15) is 0 Å². The van der Waals surface area contributed by atoms with Crippen molar-refractivity contribution in [2.24, 2.45) is 0 Å². The van der Waals surface area contributed by atoms with Crippen molar-refractivity contribution >= 4 is 52.5 Å². The van der Waals surface area contributed by atoms with Crippen LogP contribution in [-0.2, 0) is 28.5 Å². The first kappa shape index (κ1) is 43.3. The molecule has 0 N–H and O–H groups in total. The second-order valence-corrected chi connectivity index (χ2v) is 48.1. The van der Waals surface area contributed by atoms with Crippen LogP contribution in [0.2, 0.25) is 0 Å². The molecule has 2 atom stereocenters. The van der Waals surface area contributed by atoms with Crippen molar-refractivity contribution in [3.63, 3.8) is 0 Å². The van der Waals surface area contributed by atoms with Crippen molar-refractivity contribution in [3.05, 3.63) is 172 Å². The van der Waals surface area contributed by atoms with Crippen molar-refractivity contribution in [3.8, 4) is 33.4 Å². The molecule has 10 heteroatoms. The summed E-state index contributed by atoms with van der Waals surface area (Å²) in [6.45, 7) is 4.23. The van der Waals surface area contributed by atoms with Gasteiger partial charge in [0.15, 0.2) is 0 Å². The van der Waals surface area contributed by atoms with Gasteiger partial charge in [-0.15, -0.1) is 0 Å². The van der Waals surface area contributed by atoms with Crippen LogP contribution >= 0.6 is 17.2 Å². The Hall–Kier alpha value is -3.95. The number of alkyl halides is 6. The summed E-state index contributed by atoms with van der Waals surface area (Å²) in [6.07, 6.45) is -0.358. The Morgan fingerprint density at radius 3 is 1.40 bits per heavy atom. The van der Waals surface area contributed by atoms with Crippen LogP contribution in [0.5, 0.6) is 0 Å². The van der Waals surface area contributed by atoms with Crippen LogP contribution in [0.1, 0.15) is 93.1 Å². The topological polar surface area (TPSA) is 0 Å². The SMILES string of the molecule is CCCCC1=Cc2c(-c3ccccc3C(F)(F)F)cccc2[CH]1[Hf]([Cl])([Cl])([c]1cccc2c1[SiH2]c1ccccc1-2)[CH]1C(CCCC)=Cc2c(-c3ccccc3C(F)(F)F)cccc21. The summed E-state index contributed by atoms with van der Waals surface area (Å²) in [5.74, 6) is 0. The van der Waals surface area contributed by atoms with Gasteiger partial charge in [-0.2, -0.15) is 0 Å². The molecule has 3 aliphatic rings. The third kappa shape index (κ3) is 7.06. The van der Waals surface area contributed by atoms with E-state index >= 15 is 0 Å². The number of hydrogen-bond acceptors (Lipinski definition) is 0. The van der Waals surface area contributed by atoms with Gasteiger partial charge in [-0.05, 0) is 0 Å². The van der Waals surface area contributed by atoms with Crippen molar-refractivity contribution in [2.75, 3.05) is 0 Å². The quantitative estimate of drug-likeness (QED) is 0.0895. The van der Waals surface area contributed by atoms with Crippen LogP contribution < -0.4 is 13.7 Å². The fraction of sp³-hybridized carbons (Fsp3) is 0.231. The second-order valence-electron chi connectivity index (χ2n) is 17.0. The average molecular weight is 1060 g/mol. The Kier molecular flexibility index (Phi) is 11.3. The Morgan fingerprint density at radius 2 is 0.919 bits per heavy atom. The van der Waals surface area contributed by atoms with Crippen LogP contribution in [0, 0.1) is 0 Å². The molecular formula is C52H45Cl2F6HfSi. The van der Waals surface area contributed by atoms with Crippen LogP contribution in [0.15, 0.2) is 139 Å². The van der Waals surface area contributed by atoms with E-state index in [0.29, 0.717) is 35.1 Å². The van der Waals surface area contributed by atoms with Crippen LogP contribution in [0.25, 0.3) is 45.5 Å². The van der Waals surface area contributed by atoms with Gasteiger partial charge in [-0.3, -0.25) is 0 Å². The summed E-state index contributed by atoms with van der Waals surface area (Å²) in [6, 6.07) is 37.4. The first-order valence-corrected chi connectivity index (χ1v) is 37.7. The van der Waals surface area contributed by atoms with Crippen LogP contribution in [0.4, 0.5) is 26.3 Å². The van der Waals surface area contributed by atoms with E-state index < -0.39 is 56.5 Å². The zero-order chi connectivity index (χ0) is 43.6. The van der Waals surface area contributed by atoms with E-state index in [1.807, 2.05) is 36.4 Å². The van der Waals surface area contributed by atoms with E-state index in [2.05, 4.69) is 56.3 Å². The van der Waals surface area contributed by atoms with E-state index in [9.17, 15) is 26.3 Å². The predicted molar refractivity (Wildman–Crippen MR) is 245 cm³/mol. The van der Waals surface area contributed by atoms with Crippen molar-refractivity contribution in [1.29, 1.82) is 0 Å². The zero-order valence-corrected chi connectivity index (χ0v) is 40.9. The minimum atomic E-state index is -6.30. The minimum absolute atomic E-state index is 0.0925. The van der Waals surface area contributed by atoms with E-state index in [0.717, 1.165) is 69.0 Å². The van der Waals surface area contributed by atoms with Gasteiger partial charge in [0, 0.05) is 0 Å². The molecule has 0 saturated carbocycles. The molecule has 0 amide bonds. The predicted octanol–water partition coefficient (Wildman–Crippen LogP) is 14.4. The fourth-order valence-corrected chi connectivity index (χ4v) is 49.9. The Balaban J connectivity index is 1.37. The molecule has 2 aliphatic carbocycles. The Bertz CT molecular complexity index is 2660. The Labute approximate surface area is 369 Å². The summed E-state index contributed by atoms with van der Waals surface area (Å²) in [5, 5.41) is 2.49. The average Bonchev–Trinajstić information content (AvgIpc) is 3.96. The van der Waals surface area contributed by atoms with E-state index in [-0.39, 0.29) is 11.1 Å². The van der Waals surface area contributed by atoms with Gasteiger partial charge >= 0.3 is 372 Å².